The van der Waals surface area contributed by atoms with Crippen LogP contribution in [-0.2, 0) is 20.7 Å². The van der Waals surface area contributed by atoms with Crippen LogP contribution in [0.5, 0.6) is 11.5 Å². The van der Waals surface area contributed by atoms with E-state index in [4.69, 9.17) is 14.2 Å². The van der Waals surface area contributed by atoms with Gasteiger partial charge in [0.2, 0.25) is 0 Å². The molecule has 0 N–H and O–H groups in total. The third-order valence-corrected chi connectivity index (χ3v) is 4.20. The van der Waals surface area contributed by atoms with Crippen molar-refractivity contribution in [3.8, 4) is 11.5 Å². The summed E-state index contributed by atoms with van der Waals surface area (Å²) in [7, 11) is 1.62. The number of ether oxygens (including phenoxy) is 3. The van der Waals surface area contributed by atoms with Crippen molar-refractivity contribution < 1.29 is 23.8 Å². The Labute approximate surface area is 170 Å². The minimum atomic E-state index is -0.389. The van der Waals surface area contributed by atoms with E-state index in [1.165, 1.54) is 0 Å². The van der Waals surface area contributed by atoms with E-state index in [0.29, 0.717) is 29.8 Å². The molecule has 0 saturated heterocycles. The third kappa shape index (κ3) is 6.81. The molecule has 0 aliphatic heterocycles. The van der Waals surface area contributed by atoms with Gasteiger partial charge in [0.05, 0.1) is 19.3 Å². The number of hydrogen-bond acceptors (Lipinski definition) is 5. The maximum Gasteiger partial charge on any atom is 0.337 e. The molecule has 2 aromatic carbocycles. The molecule has 2 aromatic rings. The summed E-state index contributed by atoms with van der Waals surface area (Å²) in [4.78, 5) is 22.6. The van der Waals surface area contributed by atoms with Crippen molar-refractivity contribution >= 4 is 18.0 Å². The summed E-state index contributed by atoms with van der Waals surface area (Å²) in [5.74, 6) is 0.855. The molecule has 0 amide bonds. The Hall–Kier alpha value is -3.60. The fraction of sp³-hybridized carbons (Fsp3) is 0.167. The number of carbonyl (C=O) groups excluding carboxylic acids is 2. The van der Waals surface area contributed by atoms with Crippen LogP contribution in [0.4, 0.5) is 0 Å². The average Bonchev–Trinajstić information content (AvgIpc) is 2.75. The van der Waals surface area contributed by atoms with Crippen LogP contribution in [0.15, 0.2) is 78.9 Å². The molecule has 2 rings (SSSR count). The summed E-state index contributed by atoms with van der Waals surface area (Å²) in [6.45, 7) is 6.44. The van der Waals surface area contributed by atoms with Crippen molar-refractivity contribution in [3.63, 3.8) is 0 Å². The van der Waals surface area contributed by atoms with Crippen LogP contribution in [0.25, 0.3) is 5.57 Å². The first kappa shape index (κ1) is 21.7. The second-order valence-corrected chi connectivity index (χ2v) is 6.08. The first-order valence-electron chi connectivity index (χ1n) is 9.11. The van der Waals surface area contributed by atoms with Gasteiger partial charge < -0.3 is 14.2 Å². The van der Waals surface area contributed by atoms with Gasteiger partial charge in [0.25, 0.3) is 6.47 Å². The molecule has 0 unspecified atom stereocenters. The molecule has 0 bridgehead atoms. The van der Waals surface area contributed by atoms with E-state index >= 15 is 0 Å². The molecular formula is C24H24O5. The fourth-order valence-corrected chi connectivity index (χ4v) is 2.51. The summed E-state index contributed by atoms with van der Waals surface area (Å²) in [6.07, 6.45) is 5.74. The fourth-order valence-electron chi connectivity index (χ4n) is 2.51. The predicted octanol–water partition coefficient (Wildman–Crippen LogP) is 4.53. The van der Waals surface area contributed by atoms with Gasteiger partial charge in [0, 0.05) is 6.42 Å². The van der Waals surface area contributed by atoms with Gasteiger partial charge in [-0.25, -0.2) is 4.79 Å². The summed E-state index contributed by atoms with van der Waals surface area (Å²) in [6, 6.07) is 14.6. The van der Waals surface area contributed by atoms with Gasteiger partial charge in [-0.05, 0) is 54.0 Å². The molecule has 0 radical (unpaired) electrons. The Balaban J connectivity index is 1.87. The van der Waals surface area contributed by atoms with Crippen molar-refractivity contribution in [2.45, 2.75) is 13.3 Å². The van der Waals surface area contributed by atoms with Gasteiger partial charge in [-0.3, -0.25) is 4.79 Å². The zero-order valence-corrected chi connectivity index (χ0v) is 16.6. The molecule has 0 heterocycles. The molecule has 5 nitrogen and oxygen atoms in total. The molecular weight excluding hydrogens is 368 g/mol. The Kier molecular flexibility index (Phi) is 8.45. The normalized spacial score (nSPS) is 11.2. The molecule has 0 saturated carbocycles. The lowest BCUT2D eigenvalue weighted by molar-refractivity contribution is -0.138. The van der Waals surface area contributed by atoms with Crippen LogP contribution < -0.4 is 9.47 Å². The van der Waals surface area contributed by atoms with Gasteiger partial charge in [-0.15, -0.1) is 0 Å². The molecule has 5 heteroatoms. The number of methoxy groups -OCH3 is 1. The zero-order valence-electron chi connectivity index (χ0n) is 16.6. The van der Waals surface area contributed by atoms with Crippen LogP contribution in [0.3, 0.4) is 0 Å². The van der Waals surface area contributed by atoms with E-state index in [1.807, 2.05) is 24.3 Å². The zero-order chi connectivity index (χ0) is 21.1. The van der Waals surface area contributed by atoms with Crippen LogP contribution in [0.1, 0.15) is 18.1 Å². The summed E-state index contributed by atoms with van der Waals surface area (Å²) < 4.78 is 15.3. The second-order valence-electron chi connectivity index (χ2n) is 6.08. The van der Waals surface area contributed by atoms with Gasteiger partial charge >= 0.3 is 5.97 Å². The Morgan fingerprint density at radius 1 is 1.00 bits per heavy atom. The molecule has 150 valence electrons. The highest BCUT2D eigenvalue weighted by Crippen LogP contribution is 2.19. The SMILES string of the molecule is C=C(/C=C\C(=C/C)C(=O)OCCc1ccc(OC)cc1)c1ccc(OC=O)cc1. The van der Waals surface area contributed by atoms with Crippen LogP contribution in [0.2, 0.25) is 0 Å². The van der Waals surface area contributed by atoms with Crippen LogP contribution >= 0.6 is 0 Å². The monoisotopic (exact) mass is 392 g/mol. The van der Waals surface area contributed by atoms with Crippen molar-refractivity contribution in [3.05, 3.63) is 90.0 Å². The van der Waals surface area contributed by atoms with Crippen LogP contribution in [0, 0.1) is 0 Å². The van der Waals surface area contributed by atoms with E-state index in [9.17, 15) is 9.59 Å². The predicted molar refractivity (Wildman–Crippen MR) is 113 cm³/mol. The van der Waals surface area contributed by atoms with Crippen molar-refractivity contribution in [1.29, 1.82) is 0 Å². The lowest BCUT2D eigenvalue weighted by Crippen LogP contribution is -2.09. The first-order chi connectivity index (χ1) is 14.1. The van der Waals surface area contributed by atoms with E-state index in [2.05, 4.69) is 6.58 Å². The lowest BCUT2D eigenvalue weighted by Gasteiger charge is -2.07. The summed E-state index contributed by atoms with van der Waals surface area (Å²) >= 11 is 0. The Bertz CT molecular complexity index is 890. The highest BCUT2D eigenvalue weighted by Gasteiger charge is 2.07. The van der Waals surface area contributed by atoms with Crippen LogP contribution in [-0.4, -0.2) is 26.2 Å². The molecule has 0 aliphatic rings. The molecule has 0 aliphatic carbocycles. The maximum atomic E-state index is 12.3. The number of allylic oxidation sites excluding steroid dienone is 3. The Morgan fingerprint density at radius 2 is 1.66 bits per heavy atom. The number of rotatable bonds is 10. The first-order valence-corrected chi connectivity index (χ1v) is 9.11. The van der Waals surface area contributed by atoms with Crippen molar-refractivity contribution in [2.75, 3.05) is 13.7 Å². The van der Waals surface area contributed by atoms with Gasteiger partial charge in [-0.1, -0.05) is 43.0 Å². The molecule has 0 fully saturated rings. The molecule has 0 atom stereocenters. The highest BCUT2D eigenvalue weighted by atomic mass is 16.5. The largest absolute Gasteiger partial charge is 0.497 e. The van der Waals surface area contributed by atoms with Gasteiger partial charge in [-0.2, -0.15) is 0 Å². The second kappa shape index (κ2) is 11.3. The van der Waals surface area contributed by atoms with E-state index in [-0.39, 0.29) is 12.6 Å². The van der Waals surface area contributed by atoms with E-state index < -0.39 is 0 Å². The van der Waals surface area contributed by atoms with Crippen molar-refractivity contribution in [1.82, 2.24) is 0 Å². The van der Waals surface area contributed by atoms with Gasteiger partial charge in [0.1, 0.15) is 11.5 Å². The van der Waals surface area contributed by atoms with E-state index in [1.54, 1.807) is 56.5 Å². The number of carbonyl (C=O) groups is 2. The maximum absolute atomic E-state index is 12.3. The third-order valence-electron chi connectivity index (χ3n) is 4.20. The molecule has 0 aromatic heterocycles. The highest BCUT2D eigenvalue weighted by molar-refractivity contribution is 5.92. The minimum absolute atomic E-state index is 0.287. The summed E-state index contributed by atoms with van der Waals surface area (Å²) in [5, 5.41) is 0. The Morgan fingerprint density at radius 3 is 2.24 bits per heavy atom. The topological polar surface area (TPSA) is 61.8 Å². The molecule has 0 spiro atoms. The smallest absolute Gasteiger partial charge is 0.337 e. The van der Waals surface area contributed by atoms with Crippen molar-refractivity contribution in [2.24, 2.45) is 0 Å². The average molecular weight is 392 g/mol. The number of hydrogen-bond donors (Lipinski definition) is 0. The standard InChI is InChI=1S/C24H24O5/c1-4-20(8-5-18(2)21-9-13-23(14-10-21)29-17-25)24(26)28-16-15-19-6-11-22(27-3)12-7-19/h4-14,17H,2,15-16H2,1,3H3/b8-5-,20-4+. The molecule has 29 heavy (non-hydrogen) atoms. The summed E-state index contributed by atoms with van der Waals surface area (Å²) in [5.41, 5.74) is 3.07. The quantitative estimate of drug-likeness (QED) is 0.257. The van der Waals surface area contributed by atoms with Gasteiger partial charge in [0.15, 0.2) is 0 Å². The lowest BCUT2D eigenvalue weighted by atomic mass is 10.1. The number of esters is 1. The number of benzene rings is 2. The van der Waals surface area contributed by atoms with E-state index in [0.717, 1.165) is 16.9 Å². The minimum Gasteiger partial charge on any atom is -0.497 e.